The van der Waals surface area contributed by atoms with Gasteiger partial charge in [-0.1, -0.05) is 133 Å². The first kappa shape index (κ1) is 29.3. The Bertz CT molecular complexity index is 2920. The quantitative estimate of drug-likeness (QED) is 0.169. The summed E-state index contributed by atoms with van der Waals surface area (Å²) in [4.78, 5) is 0. The van der Waals surface area contributed by atoms with Crippen LogP contribution in [-0.4, -0.2) is 0 Å². The summed E-state index contributed by atoms with van der Waals surface area (Å²) in [5, 5.41) is 9.95. The summed E-state index contributed by atoms with van der Waals surface area (Å²) in [5.74, 6) is 0. The van der Waals surface area contributed by atoms with Crippen LogP contribution >= 0.6 is 11.3 Å². The third-order valence-corrected chi connectivity index (χ3v) is 11.8. The number of rotatable bonds is 4. The topological polar surface area (TPSA) is 13.1 Å². The molecule has 9 aromatic carbocycles. The molecule has 52 heavy (non-hydrogen) atoms. The molecule has 0 spiro atoms. The van der Waals surface area contributed by atoms with Crippen LogP contribution < -0.4 is 0 Å². The standard InChI is InChI=1S/C50H30OS/c1-3-19-41-39(17-1)49(35-13-9-11-31(27-35)33-23-25-46-43(29-33)37-15-5-7-21-45(37)51-46)40-18-2-4-20-42(40)50(41)36-14-10-12-32(28-36)34-24-26-48-44(30-34)38-16-6-8-22-47(38)52-48/h1-30H. The summed E-state index contributed by atoms with van der Waals surface area (Å²) in [7, 11) is 0. The second-order valence-electron chi connectivity index (χ2n) is 13.6. The Morgan fingerprint density at radius 3 is 1.35 bits per heavy atom. The molecule has 0 bridgehead atoms. The first-order valence-electron chi connectivity index (χ1n) is 17.7. The van der Waals surface area contributed by atoms with Gasteiger partial charge in [-0.3, -0.25) is 0 Å². The number of thiophene rings is 1. The molecule has 11 aromatic rings. The van der Waals surface area contributed by atoms with Crippen LogP contribution in [0.4, 0.5) is 0 Å². The zero-order valence-corrected chi connectivity index (χ0v) is 29.0. The molecule has 1 nitrogen and oxygen atoms in total. The fourth-order valence-electron chi connectivity index (χ4n) is 8.27. The first-order chi connectivity index (χ1) is 25.8. The molecule has 0 N–H and O–H groups in total. The minimum absolute atomic E-state index is 0.915. The molecule has 0 saturated carbocycles. The Kier molecular flexibility index (Phi) is 6.49. The fourth-order valence-corrected chi connectivity index (χ4v) is 9.36. The van der Waals surface area contributed by atoms with E-state index in [0.717, 1.165) is 21.9 Å². The van der Waals surface area contributed by atoms with E-state index in [1.807, 2.05) is 23.5 Å². The molecule has 242 valence electrons. The smallest absolute Gasteiger partial charge is 0.135 e. The van der Waals surface area contributed by atoms with Gasteiger partial charge in [0, 0.05) is 30.9 Å². The van der Waals surface area contributed by atoms with Gasteiger partial charge < -0.3 is 4.42 Å². The summed E-state index contributed by atoms with van der Waals surface area (Å²) < 4.78 is 8.80. The lowest BCUT2D eigenvalue weighted by atomic mass is 9.85. The molecule has 0 saturated heterocycles. The van der Waals surface area contributed by atoms with E-state index in [0.29, 0.717) is 0 Å². The SMILES string of the molecule is c1cc(-c2ccc3oc4ccccc4c3c2)cc(-c2c3ccccc3c(-c3cccc(-c4ccc5sc6ccccc6c5c4)c3)c3ccccc23)c1. The Balaban J connectivity index is 1.08. The lowest BCUT2D eigenvalue weighted by Crippen LogP contribution is -1.91. The van der Waals surface area contributed by atoms with Crippen LogP contribution in [0.15, 0.2) is 186 Å². The van der Waals surface area contributed by atoms with Gasteiger partial charge in [-0.2, -0.15) is 0 Å². The van der Waals surface area contributed by atoms with Crippen LogP contribution in [0.1, 0.15) is 0 Å². The largest absolute Gasteiger partial charge is 0.456 e. The van der Waals surface area contributed by atoms with Gasteiger partial charge in [0.2, 0.25) is 0 Å². The van der Waals surface area contributed by atoms with Crippen molar-refractivity contribution >= 4 is 75.0 Å². The molecular formula is C50H30OS. The van der Waals surface area contributed by atoms with Crippen molar-refractivity contribution in [3.05, 3.63) is 182 Å². The molecule has 2 aromatic heterocycles. The molecule has 0 aliphatic heterocycles. The van der Waals surface area contributed by atoms with Crippen molar-refractivity contribution in [2.45, 2.75) is 0 Å². The highest BCUT2D eigenvalue weighted by Crippen LogP contribution is 2.45. The van der Waals surface area contributed by atoms with Crippen molar-refractivity contribution in [2.75, 3.05) is 0 Å². The molecule has 0 fully saturated rings. The minimum Gasteiger partial charge on any atom is -0.456 e. The molecule has 2 heterocycles. The van der Waals surface area contributed by atoms with Crippen molar-refractivity contribution in [3.63, 3.8) is 0 Å². The van der Waals surface area contributed by atoms with E-state index in [9.17, 15) is 0 Å². The lowest BCUT2D eigenvalue weighted by molar-refractivity contribution is 0.669. The molecule has 0 unspecified atom stereocenters. The monoisotopic (exact) mass is 678 g/mol. The number of hydrogen-bond donors (Lipinski definition) is 0. The third kappa shape index (κ3) is 4.55. The molecule has 0 radical (unpaired) electrons. The number of hydrogen-bond acceptors (Lipinski definition) is 2. The molecule has 0 aliphatic rings. The average molecular weight is 679 g/mol. The van der Waals surface area contributed by atoms with Crippen LogP contribution in [0.3, 0.4) is 0 Å². The molecule has 0 atom stereocenters. The maximum atomic E-state index is 6.14. The number of benzene rings is 9. The Morgan fingerprint density at radius 1 is 0.269 bits per heavy atom. The van der Waals surface area contributed by atoms with Crippen molar-refractivity contribution in [1.29, 1.82) is 0 Å². The lowest BCUT2D eigenvalue weighted by Gasteiger charge is -2.18. The van der Waals surface area contributed by atoms with Gasteiger partial charge in [-0.05, 0) is 115 Å². The van der Waals surface area contributed by atoms with Crippen molar-refractivity contribution < 1.29 is 4.42 Å². The van der Waals surface area contributed by atoms with E-state index in [-0.39, 0.29) is 0 Å². The third-order valence-electron chi connectivity index (χ3n) is 10.7. The maximum Gasteiger partial charge on any atom is 0.135 e. The van der Waals surface area contributed by atoms with Crippen LogP contribution in [0.5, 0.6) is 0 Å². The normalized spacial score (nSPS) is 11.8. The molecule has 2 heteroatoms. The van der Waals surface area contributed by atoms with E-state index in [1.54, 1.807) is 0 Å². The molecule has 0 amide bonds. The van der Waals surface area contributed by atoms with Crippen molar-refractivity contribution in [3.8, 4) is 44.5 Å². The summed E-state index contributed by atoms with van der Waals surface area (Å²) in [6, 6.07) is 66.4. The van der Waals surface area contributed by atoms with Crippen LogP contribution in [0.2, 0.25) is 0 Å². The van der Waals surface area contributed by atoms with Crippen LogP contribution in [-0.2, 0) is 0 Å². The van der Waals surface area contributed by atoms with E-state index >= 15 is 0 Å². The first-order valence-corrected chi connectivity index (χ1v) is 18.6. The fraction of sp³-hybridized carbons (Fsp3) is 0. The zero-order valence-electron chi connectivity index (χ0n) is 28.1. The van der Waals surface area contributed by atoms with Gasteiger partial charge in [-0.25, -0.2) is 0 Å². The van der Waals surface area contributed by atoms with Gasteiger partial charge in [-0.15, -0.1) is 11.3 Å². The molecule has 0 aliphatic carbocycles. The maximum absolute atomic E-state index is 6.14. The molecule has 11 rings (SSSR count). The Morgan fingerprint density at radius 2 is 0.712 bits per heavy atom. The average Bonchev–Trinajstić information content (AvgIpc) is 3.77. The van der Waals surface area contributed by atoms with E-state index in [1.165, 1.54) is 86.2 Å². The van der Waals surface area contributed by atoms with Gasteiger partial charge in [0.25, 0.3) is 0 Å². The predicted octanol–water partition coefficient (Wildman–Crippen LogP) is 14.9. The second kappa shape index (κ2) is 11.5. The number of fused-ring (bicyclic) bond motifs is 8. The highest BCUT2D eigenvalue weighted by Gasteiger charge is 2.18. The summed E-state index contributed by atoms with van der Waals surface area (Å²) >= 11 is 1.86. The van der Waals surface area contributed by atoms with Gasteiger partial charge in [0.15, 0.2) is 0 Å². The van der Waals surface area contributed by atoms with Crippen LogP contribution in [0, 0.1) is 0 Å². The molecular weight excluding hydrogens is 649 g/mol. The predicted molar refractivity (Wildman–Crippen MR) is 223 cm³/mol. The van der Waals surface area contributed by atoms with Crippen molar-refractivity contribution in [2.24, 2.45) is 0 Å². The highest BCUT2D eigenvalue weighted by molar-refractivity contribution is 7.25. The van der Waals surface area contributed by atoms with E-state index < -0.39 is 0 Å². The summed E-state index contributed by atoms with van der Waals surface area (Å²) in [6.07, 6.45) is 0. The Labute approximate surface area is 304 Å². The van der Waals surface area contributed by atoms with Crippen LogP contribution in [0.25, 0.3) is 108 Å². The zero-order chi connectivity index (χ0) is 34.2. The van der Waals surface area contributed by atoms with Gasteiger partial charge in [0.05, 0.1) is 0 Å². The highest BCUT2D eigenvalue weighted by atomic mass is 32.1. The van der Waals surface area contributed by atoms with Crippen molar-refractivity contribution in [1.82, 2.24) is 0 Å². The van der Waals surface area contributed by atoms with E-state index in [2.05, 4.69) is 170 Å². The Hall–Kier alpha value is -6.48. The second-order valence-corrected chi connectivity index (χ2v) is 14.7. The summed E-state index contributed by atoms with van der Waals surface area (Å²) in [6.45, 7) is 0. The number of furan rings is 1. The number of para-hydroxylation sites is 1. The minimum atomic E-state index is 0.915. The van der Waals surface area contributed by atoms with E-state index in [4.69, 9.17) is 4.42 Å². The summed E-state index contributed by atoms with van der Waals surface area (Å²) in [5.41, 5.74) is 11.6. The van der Waals surface area contributed by atoms with Gasteiger partial charge in [0.1, 0.15) is 11.2 Å². The van der Waals surface area contributed by atoms with Gasteiger partial charge >= 0.3 is 0 Å².